The molecule has 1 atom stereocenters. The van der Waals surface area contributed by atoms with Gasteiger partial charge in [0.25, 0.3) is 0 Å². The number of aromatic amines is 1. The van der Waals surface area contributed by atoms with Gasteiger partial charge in [-0.15, -0.1) is 0 Å². The van der Waals surface area contributed by atoms with E-state index in [0.29, 0.717) is 6.42 Å². The topological polar surface area (TPSA) is 83.8 Å². The molecule has 0 aliphatic heterocycles. The Morgan fingerprint density at radius 3 is 2.71 bits per heavy atom. The molecular formula is C9H16N4O. The van der Waals surface area contributed by atoms with Crippen LogP contribution in [0.5, 0.6) is 0 Å². The first-order chi connectivity index (χ1) is 6.50. The molecule has 0 aliphatic rings. The van der Waals surface area contributed by atoms with Gasteiger partial charge in [-0.1, -0.05) is 0 Å². The quantitative estimate of drug-likeness (QED) is 0.665. The number of carbonyl (C=O) groups is 1. The van der Waals surface area contributed by atoms with Gasteiger partial charge in [-0.3, -0.25) is 9.89 Å². The van der Waals surface area contributed by atoms with Crippen molar-refractivity contribution in [3.8, 4) is 0 Å². The number of H-pyrrole nitrogens is 1. The maximum Gasteiger partial charge on any atom is 0.226 e. The van der Waals surface area contributed by atoms with Crippen LogP contribution in [-0.2, 0) is 4.79 Å². The van der Waals surface area contributed by atoms with Gasteiger partial charge in [0, 0.05) is 12.5 Å². The highest BCUT2D eigenvalue weighted by Crippen LogP contribution is 2.16. The third-order valence-electron chi connectivity index (χ3n) is 1.90. The van der Waals surface area contributed by atoms with Gasteiger partial charge in [0.1, 0.15) is 0 Å². The highest BCUT2D eigenvalue weighted by molar-refractivity contribution is 5.92. The third-order valence-corrected chi connectivity index (χ3v) is 1.90. The molecular weight excluding hydrogens is 180 g/mol. The van der Waals surface area contributed by atoms with E-state index >= 15 is 0 Å². The monoisotopic (exact) mass is 196 g/mol. The van der Waals surface area contributed by atoms with Gasteiger partial charge < -0.3 is 11.1 Å². The molecule has 1 rings (SSSR count). The predicted octanol–water partition coefficient (Wildman–Crippen LogP) is 0.702. The van der Waals surface area contributed by atoms with Crippen LogP contribution in [0.25, 0.3) is 0 Å². The first-order valence-corrected chi connectivity index (χ1v) is 4.57. The van der Waals surface area contributed by atoms with E-state index in [1.165, 1.54) is 0 Å². The summed E-state index contributed by atoms with van der Waals surface area (Å²) in [6.45, 7) is 5.50. The van der Waals surface area contributed by atoms with E-state index in [2.05, 4.69) is 15.5 Å². The lowest BCUT2D eigenvalue weighted by Gasteiger charge is -2.06. The summed E-state index contributed by atoms with van der Waals surface area (Å²) in [4.78, 5) is 11.4. The summed E-state index contributed by atoms with van der Waals surface area (Å²) in [5, 5.41) is 9.55. The number of nitrogens with two attached hydrogens (primary N) is 1. The second-order valence-corrected chi connectivity index (χ2v) is 3.54. The standard InChI is InChI=1S/C9H16N4O/c1-5(10)4-8(14)11-9-6(2)12-13-7(9)3/h5H,4,10H2,1-3H3,(H,11,14)(H,12,13). The molecule has 0 bridgehead atoms. The summed E-state index contributed by atoms with van der Waals surface area (Å²) >= 11 is 0. The van der Waals surface area contributed by atoms with Crippen LogP contribution in [0.15, 0.2) is 0 Å². The molecule has 0 saturated carbocycles. The summed E-state index contributed by atoms with van der Waals surface area (Å²) in [6, 6.07) is -0.123. The van der Waals surface area contributed by atoms with Crippen LogP contribution in [0.2, 0.25) is 0 Å². The summed E-state index contributed by atoms with van der Waals surface area (Å²) in [7, 11) is 0. The smallest absolute Gasteiger partial charge is 0.226 e. The predicted molar refractivity (Wildman–Crippen MR) is 55.0 cm³/mol. The zero-order valence-corrected chi connectivity index (χ0v) is 8.72. The highest BCUT2D eigenvalue weighted by Gasteiger charge is 2.10. The van der Waals surface area contributed by atoms with Gasteiger partial charge in [-0.2, -0.15) is 5.10 Å². The SMILES string of the molecule is Cc1n[nH]c(C)c1NC(=O)CC(C)N. The second-order valence-electron chi connectivity index (χ2n) is 3.54. The van der Waals surface area contributed by atoms with Gasteiger partial charge >= 0.3 is 0 Å². The molecule has 14 heavy (non-hydrogen) atoms. The van der Waals surface area contributed by atoms with E-state index in [-0.39, 0.29) is 11.9 Å². The maximum atomic E-state index is 11.4. The van der Waals surface area contributed by atoms with Crippen LogP contribution in [0.1, 0.15) is 24.7 Å². The Bertz CT molecular complexity index is 310. The Balaban J connectivity index is 2.64. The fourth-order valence-corrected chi connectivity index (χ4v) is 1.22. The minimum absolute atomic E-state index is 0.0763. The molecule has 0 aromatic carbocycles. The minimum Gasteiger partial charge on any atom is -0.327 e. The molecule has 78 valence electrons. The number of amides is 1. The second kappa shape index (κ2) is 4.23. The van der Waals surface area contributed by atoms with Crippen LogP contribution in [-0.4, -0.2) is 22.1 Å². The molecule has 0 saturated heterocycles. The molecule has 1 aromatic heterocycles. The number of carbonyl (C=O) groups excluding carboxylic acids is 1. The lowest BCUT2D eigenvalue weighted by molar-refractivity contribution is -0.116. The molecule has 5 heteroatoms. The van der Waals surface area contributed by atoms with Crippen molar-refractivity contribution in [1.82, 2.24) is 10.2 Å². The van der Waals surface area contributed by atoms with E-state index in [4.69, 9.17) is 5.73 Å². The van der Waals surface area contributed by atoms with Crippen molar-refractivity contribution >= 4 is 11.6 Å². The van der Waals surface area contributed by atoms with E-state index in [9.17, 15) is 4.79 Å². The van der Waals surface area contributed by atoms with Crippen molar-refractivity contribution in [2.24, 2.45) is 5.73 Å². The molecule has 0 radical (unpaired) electrons. The summed E-state index contributed by atoms with van der Waals surface area (Å²) in [6.07, 6.45) is 0.323. The molecule has 1 heterocycles. The fraction of sp³-hybridized carbons (Fsp3) is 0.556. The molecule has 0 aliphatic carbocycles. The van der Waals surface area contributed by atoms with Gasteiger partial charge in [-0.25, -0.2) is 0 Å². The number of hydrogen-bond acceptors (Lipinski definition) is 3. The van der Waals surface area contributed by atoms with E-state index in [0.717, 1.165) is 17.1 Å². The lowest BCUT2D eigenvalue weighted by atomic mass is 10.2. The summed E-state index contributed by atoms with van der Waals surface area (Å²) in [5.74, 6) is -0.0763. The van der Waals surface area contributed by atoms with Crippen LogP contribution >= 0.6 is 0 Å². The molecule has 0 spiro atoms. The first-order valence-electron chi connectivity index (χ1n) is 4.57. The highest BCUT2D eigenvalue weighted by atomic mass is 16.1. The Kier molecular flexibility index (Phi) is 3.24. The molecule has 5 nitrogen and oxygen atoms in total. The molecule has 1 amide bonds. The van der Waals surface area contributed by atoms with Crippen LogP contribution in [0.4, 0.5) is 5.69 Å². The fourth-order valence-electron chi connectivity index (χ4n) is 1.22. The molecule has 1 unspecified atom stereocenters. The van der Waals surface area contributed by atoms with Gasteiger partial charge in [0.2, 0.25) is 5.91 Å². The van der Waals surface area contributed by atoms with Crippen molar-refractivity contribution in [2.75, 3.05) is 5.32 Å². The van der Waals surface area contributed by atoms with Crippen LogP contribution in [0.3, 0.4) is 0 Å². The molecule has 1 aromatic rings. The summed E-state index contributed by atoms with van der Waals surface area (Å²) in [5.41, 5.74) is 7.93. The van der Waals surface area contributed by atoms with Crippen molar-refractivity contribution in [1.29, 1.82) is 0 Å². The van der Waals surface area contributed by atoms with Crippen molar-refractivity contribution in [3.63, 3.8) is 0 Å². The maximum absolute atomic E-state index is 11.4. The minimum atomic E-state index is -0.123. The molecule has 0 fully saturated rings. The normalized spacial score (nSPS) is 12.6. The third kappa shape index (κ3) is 2.56. The van der Waals surface area contributed by atoms with E-state index in [1.54, 1.807) is 6.92 Å². The zero-order chi connectivity index (χ0) is 10.7. The van der Waals surface area contributed by atoms with E-state index in [1.807, 2.05) is 13.8 Å². The number of aryl methyl sites for hydroxylation is 2. The average molecular weight is 196 g/mol. The Hall–Kier alpha value is -1.36. The summed E-state index contributed by atoms with van der Waals surface area (Å²) < 4.78 is 0. The average Bonchev–Trinajstić information content (AvgIpc) is 2.34. The molecule has 4 N–H and O–H groups in total. The number of nitrogens with one attached hydrogen (secondary N) is 2. The van der Waals surface area contributed by atoms with Gasteiger partial charge in [0.05, 0.1) is 17.1 Å². The number of hydrogen-bond donors (Lipinski definition) is 3. The van der Waals surface area contributed by atoms with Crippen LogP contribution in [0, 0.1) is 13.8 Å². The van der Waals surface area contributed by atoms with Gasteiger partial charge in [0.15, 0.2) is 0 Å². The number of rotatable bonds is 3. The van der Waals surface area contributed by atoms with Crippen molar-refractivity contribution in [3.05, 3.63) is 11.4 Å². The lowest BCUT2D eigenvalue weighted by Crippen LogP contribution is -2.24. The van der Waals surface area contributed by atoms with Crippen molar-refractivity contribution < 1.29 is 4.79 Å². The number of anilines is 1. The Morgan fingerprint density at radius 2 is 2.29 bits per heavy atom. The Morgan fingerprint density at radius 1 is 1.64 bits per heavy atom. The zero-order valence-electron chi connectivity index (χ0n) is 8.72. The van der Waals surface area contributed by atoms with E-state index < -0.39 is 0 Å². The van der Waals surface area contributed by atoms with Crippen LogP contribution < -0.4 is 11.1 Å². The van der Waals surface area contributed by atoms with Gasteiger partial charge in [-0.05, 0) is 20.8 Å². The number of aromatic nitrogens is 2. The Labute approximate surface area is 83.1 Å². The van der Waals surface area contributed by atoms with Crippen molar-refractivity contribution in [2.45, 2.75) is 33.2 Å². The number of nitrogens with zero attached hydrogens (tertiary/aromatic N) is 1. The largest absolute Gasteiger partial charge is 0.327 e. The first kappa shape index (κ1) is 10.7.